The number of rotatable bonds is 8. The normalized spacial score (nSPS) is 15.1. The van der Waals surface area contributed by atoms with Gasteiger partial charge in [-0.05, 0) is 48.5 Å². The highest BCUT2D eigenvalue weighted by molar-refractivity contribution is 7.99. The number of anilines is 1. The molecule has 0 radical (unpaired) electrons. The quantitative estimate of drug-likeness (QED) is 0.228. The number of nitrogens with two attached hydrogens (primary N) is 1. The molecular formula is C34H43F2N7S. The van der Waals surface area contributed by atoms with Crippen LogP contribution in [0.3, 0.4) is 0 Å². The van der Waals surface area contributed by atoms with Crippen molar-refractivity contribution in [3.8, 4) is 11.3 Å². The molecule has 0 aliphatic carbocycles. The molecule has 0 saturated carbocycles. The van der Waals surface area contributed by atoms with E-state index in [9.17, 15) is 0 Å². The van der Waals surface area contributed by atoms with Gasteiger partial charge in [0.1, 0.15) is 29.0 Å². The lowest BCUT2D eigenvalue weighted by Crippen LogP contribution is -2.47. The van der Waals surface area contributed by atoms with Crippen molar-refractivity contribution in [2.24, 2.45) is 10.7 Å². The summed E-state index contributed by atoms with van der Waals surface area (Å²) in [5.74, 6) is 2.17. The molecule has 10 heteroatoms. The minimum absolute atomic E-state index is 0.00823. The van der Waals surface area contributed by atoms with Crippen molar-refractivity contribution in [2.45, 2.75) is 25.7 Å². The number of aromatic nitrogens is 2. The minimum Gasteiger partial charge on any atom is -0.373 e. The Morgan fingerprint density at radius 2 is 1.86 bits per heavy atom. The molecule has 234 valence electrons. The Morgan fingerprint density at radius 1 is 1.09 bits per heavy atom. The summed E-state index contributed by atoms with van der Waals surface area (Å²) in [5, 5.41) is 3.10. The van der Waals surface area contributed by atoms with Crippen LogP contribution in [0.25, 0.3) is 11.3 Å². The van der Waals surface area contributed by atoms with E-state index in [1.165, 1.54) is 17.9 Å². The number of nitrogens with zero attached hydrogens (tertiary/aromatic N) is 5. The van der Waals surface area contributed by atoms with E-state index in [1.54, 1.807) is 19.3 Å². The first-order valence-electron chi connectivity index (χ1n) is 15.0. The Hall–Kier alpha value is -3.60. The van der Waals surface area contributed by atoms with Crippen molar-refractivity contribution >= 4 is 29.1 Å². The fourth-order valence-electron chi connectivity index (χ4n) is 5.22. The number of thioether (sulfide) groups is 1. The summed E-state index contributed by atoms with van der Waals surface area (Å²) < 4.78 is 31.0. The average molecular weight is 620 g/mol. The first-order valence-corrected chi connectivity index (χ1v) is 16.2. The number of fused-ring (bicyclic) bond motifs is 2. The van der Waals surface area contributed by atoms with E-state index >= 15 is 8.78 Å². The SMILES string of the molecule is C=CC(C)c1nccc2c1N=C(N1CCN(C)CC1)c1cc(F)c(nc1NC)-c1c(F)cccc1C2.C=CCCSCCN. The highest BCUT2D eigenvalue weighted by Gasteiger charge is 2.28. The average Bonchev–Trinajstić information content (AvgIpc) is 3.06. The second kappa shape index (κ2) is 15.9. The van der Waals surface area contributed by atoms with Crippen molar-refractivity contribution in [1.29, 1.82) is 0 Å². The molecule has 7 nitrogen and oxygen atoms in total. The van der Waals surface area contributed by atoms with Crippen LogP contribution in [-0.4, -0.2) is 83.9 Å². The van der Waals surface area contributed by atoms with Crippen LogP contribution >= 0.6 is 11.8 Å². The number of aliphatic imine (C=N–C) groups is 1. The highest BCUT2D eigenvalue weighted by Crippen LogP contribution is 2.38. The van der Waals surface area contributed by atoms with Gasteiger partial charge >= 0.3 is 0 Å². The van der Waals surface area contributed by atoms with Gasteiger partial charge in [0, 0.05) is 69.6 Å². The fraction of sp³-hybridized carbons (Fsp3) is 0.382. The van der Waals surface area contributed by atoms with Crippen molar-refractivity contribution in [1.82, 2.24) is 19.8 Å². The van der Waals surface area contributed by atoms with Gasteiger partial charge in [0.05, 0.1) is 16.9 Å². The Balaban J connectivity index is 0.000000488. The molecule has 2 bridgehead atoms. The van der Waals surface area contributed by atoms with Gasteiger partial charge in [-0.15, -0.1) is 13.2 Å². The van der Waals surface area contributed by atoms with Gasteiger partial charge in [0.2, 0.25) is 0 Å². The van der Waals surface area contributed by atoms with Gasteiger partial charge in [0.25, 0.3) is 0 Å². The number of benzene rings is 1. The molecular weight excluding hydrogens is 576 g/mol. The minimum atomic E-state index is -0.582. The predicted octanol–water partition coefficient (Wildman–Crippen LogP) is 6.24. The molecule has 1 fully saturated rings. The van der Waals surface area contributed by atoms with Crippen LogP contribution in [0.1, 0.15) is 41.6 Å². The predicted molar refractivity (Wildman–Crippen MR) is 181 cm³/mol. The summed E-state index contributed by atoms with van der Waals surface area (Å²) in [6.07, 6.45) is 6.98. The lowest BCUT2D eigenvalue weighted by molar-refractivity contribution is 0.216. The molecule has 1 unspecified atom stereocenters. The zero-order valence-electron chi connectivity index (χ0n) is 26.0. The van der Waals surface area contributed by atoms with Gasteiger partial charge in [-0.1, -0.05) is 31.2 Å². The van der Waals surface area contributed by atoms with Gasteiger partial charge in [-0.2, -0.15) is 11.8 Å². The molecule has 1 saturated heterocycles. The first kappa shape index (κ1) is 33.3. The van der Waals surface area contributed by atoms with E-state index in [0.717, 1.165) is 56.2 Å². The summed E-state index contributed by atoms with van der Waals surface area (Å²) in [6, 6.07) is 8.15. The summed E-state index contributed by atoms with van der Waals surface area (Å²) in [7, 11) is 3.82. The number of piperazine rings is 1. The van der Waals surface area contributed by atoms with E-state index in [2.05, 4.69) is 45.3 Å². The molecule has 3 aliphatic heterocycles. The maximum absolute atomic E-state index is 15.7. The second-order valence-corrected chi connectivity index (χ2v) is 12.1. The molecule has 3 aromatic rings. The molecule has 0 amide bonds. The number of hydrogen-bond acceptors (Lipinski definition) is 8. The van der Waals surface area contributed by atoms with Crippen LogP contribution < -0.4 is 11.1 Å². The summed E-state index contributed by atoms with van der Waals surface area (Å²) in [6.45, 7) is 13.6. The molecule has 0 spiro atoms. The zero-order valence-corrected chi connectivity index (χ0v) is 26.8. The maximum atomic E-state index is 15.7. The van der Waals surface area contributed by atoms with E-state index in [4.69, 9.17) is 10.7 Å². The van der Waals surface area contributed by atoms with E-state index in [0.29, 0.717) is 34.9 Å². The largest absolute Gasteiger partial charge is 0.373 e. The van der Waals surface area contributed by atoms with Crippen LogP contribution in [-0.2, 0) is 6.42 Å². The first-order chi connectivity index (χ1) is 21.3. The van der Waals surface area contributed by atoms with Gasteiger partial charge in [-0.3, -0.25) is 4.98 Å². The number of pyridine rings is 2. The smallest absolute Gasteiger partial charge is 0.150 e. The second-order valence-electron chi connectivity index (χ2n) is 10.8. The summed E-state index contributed by atoms with van der Waals surface area (Å²) in [4.78, 5) is 18.9. The highest BCUT2D eigenvalue weighted by atomic mass is 32.2. The number of allylic oxidation sites excluding steroid dienone is 2. The lowest BCUT2D eigenvalue weighted by atomic mass is 9.94. The van der Waals surface area contributed by atoms with Gasteiger partial charge in [0.15, 0.2) is 0 Å². The molecule has 2 aromatic heterocycles. The Bertz CT molecular complexity index is 1480. The number of likely N-dealkylation sites (N-methyl/N-ethyl adjacent to an activating group) is 1. The third-order valence-electron chi connectivity index (χ3n) is 7.74. The molecule has 3 N–H and O–H groups in total. The van der Waals surface area contributed by atoms with E-state index in [-0.39, 0.29) is 17.2 Å². The molecule has 1 aromatic carbocycles. The van der Waals surface area contributed by atoms with Crippen LogP contribution in [0.2, 0.25) is 0 Å². The number of halogens is 2. The Kier molecular flexibility index (Phi) is 12.1. The number of hydrogen-bond donors (Lipinski definition) is 2. The zero-order chi connectivity index (χ0) is 31.6. The van der Waals surface area contributed by atoms with Crippen LogP contribution in [0.4, 0.5) is 20.3 Å². The monoisotopic (exact) mass is 619 g/mol. The molecule has 1 atom stereocenters. The topological polar surface area (TPSA) is 82.7 Å². The van der Waals surface area contributed by atoms with Crippen LogP contribution in [0.5, 0.6) is 0 Å². The van der Waals surface area contributed by atoms with E-state index in [1.807, 2.05) is 43.0 Å². The number of nitrogens with one attached hydrogen (secondary N) is 1. The Morgan fingerprint density at radius 3 is 2.55 bits per heavy atom. The van der Waals surface area contributed by atoms with E-state index < -0.39 is 11.6 Å². The van der Waals surface area contributed by atoms with Crippen molar-refractivity contribution in [2.75, 3.05) is 63.6 Å². The molecule has 44 heavy (non-hydrogen) atoms. The lowest BCUT2D eigenvalue weighted by Gasteiger charge is -2.35. The number of amidine groups is 1. The van der Waals surface area contributed by atoms with Crippen molar-refractivity contribution in [3.05, 3.63) is 95.9 Å². The van der Waals surface area contributed by atoms with Crippen LogP contribution in [0.15, 0.2) is 66.8 Å². The van der Waals surface area contributed by atoms with Crippen LogP contribution in [0, 0.1) is 11.6 Å². The van der Waals surface area contributed by atoms with Gasteiger partial charge in [-0.25, -0.2) is 18.8 Å². The third-order valence-corrected chi connectivity index (χ3v) is 8.79. The molecule has 5 heterocycles. The fourth-order valence-corrected chi connectivity index (χ4v) is 5.92. The standard InChI is InChI=1S/C28H30F2N6.C6H13NS/c1-5-17(2)24-25-19(9-10-32-24)15-18-7-6-8-21(29)23(18)26-22(30)16-20(27(31-3)33-26)28(34-25)36-13-11-35(4)12-14-36;1-2-3-5-8-6-4-7/h5-10,16-17H,1,11-15H2,2-4H3,(H,31,33);2H,1,3-7H2. The Labute approximate surface area is 264 Å². The third kappa shape index (κ3) is 7.72. The van der Waals surface area contributed by atoms with Crippen molar-refractivity contribution < 1.29 is 8.78 Å². The summed E-state index contributed by atoms with van der Waals surface area (Å²) in [5.41, 5.74) is 8.98. The van der Waals surface area contributed by atoms with Gasteiger partial charge < -0.3 is 20.9 Å². The summed E-state index contributed by atoms with van der Waals surface area (Å²) >= 11 is 1.88. The van der Waals surface area contributed by atoms with Crippen molar-refractivity contribution in [3.63, 3.8) is 0 Å². The maximum Gasteiger partial charge on any atom is 0.150 e. The molecule has 6 rings (SSSR count). The molecule has 3 aliphatic rings.